The fourth-order valence-corrected chi connectivity index (χ4v) is 1.57. The Hall–Kier alpha value is -2.24. The van der Waals surface area contributed by atoms with Gasteiger partial charge in [0.2, 0.25) is 0 Å². The van der Waals surface area contributed by atoms with E-state index in [-0.39, 0.29) is 11.7 Å². The van der Waals surface area contributed by atoms with Gasteiger partial charge in [0.05, 0.1) is 5.56 Å². The normalized spacial score (nSPS) is 10.8. The number of nitrogens with zero attached hydrogens (tertiary/aromatic N) is 4. The standard InChI is InChI=1S/C11H12N4O2/c1-7(2)15-6-13-14-10(15)8-4-3-5-12-9(8)11(16)17/h3-7H,1-2H3,(H,16,17). The van der Waals surface area contributed by atoms with E-state index in [1.165, 1.54) is 6.20 Å². The van der Waals surface area contributed by atoms with Crippen molar-refractivity contribution >= 4 is 5.97 Å². The molecule has 0 aliphatic carbocycles. The molecule has 0 bridgehead atoms. The molecule has 2 heterocycles. The summed E-state index contributed by atoms with van der Waals surface area (Å²) in [4.78, 5) is 14.9. The molecule has 0 aliphatic heterocycles. The molecule has 0 unspecified atom stereocenters. The summed E-state index contributed by atoms with van der Waals surface area (Å²) >= 11 is 0. The predicted octanol–water partition coefficient (Wildman–Crippen LogP) is 1.62. The van der Waals surface area contributed by atoms with Gasteiger partial charge in [0.15, 0.2) is 11.5 Å². The summed E-state index contributed by atoms with van der Waals surface area (Å²) in [5, 5.41) is 16.8. The van der Waals surface area contributed by atoms with Gasteiger partial charge in [-0.2, -0.15) is 0 Å². The van der Waals surface area contributed by atoms with Gasteiger partial charge in [-0.1, -0.05) is 0 Å². The highest BCUT2D eigenvalue weighted by molar-refractivity contribution is 5.92. The van der Waals surface area contributed by atoms with E-state index in [1.54, 1.807) is 18.5 Å². The third kappa shape index (κ3) is 2.01. The van der Waals surface area contributed by atoms with Crippen molar-refractivity contribution in [2.45, 2.75) is 19.9 Å². The van der Waals surface area contributed by atoms with Crippen LogP contribution in [0.3, 0.4) is 0 Å². The molecule has 88 valence electrons. The fraction of sp³-hybridized carbons (Fsp3) is 0.273. The quantitative estimate of drug-likeness (QED) is 0.869. The second-order valence-electron chi connectivity index (χ2n) is 3.86. The molecule has 6 nitrogen and oxygen atoms in total. The van der Waals surface area contributed by atoms with Gasteiger partial charge in [-0.15, -0.1) is 10.2 Å². The zero-order chi connectivity index (χ0) is 12.4. The van der Waals surface area contributed by atoms with Crippen LogP contribution in [-0.4, -0.2) is 30.8 Å². The zero-order valence-electron chi connectivity index (χ0n) is 9.53. The van der Waals surface area contributed by atoms with Crippen LogP contribution in [0, 0.1) is 0 Å². The summed E-state index contributed by atoms with van der Waals surface area (Å²) < 4.78 is 1.81. The summed E-state index contributed by atoms with van der Waals surface area (Å²) in [6.45, 7) is 3.95. The van der Waals surface area contributed by atoms with Gasteiger partial charge in [0.1, 0.15) is 6.33 Å². The lowest BCUT2D eigenvalue weighted by molar-refractivity contribution is 0.0691. The van der Waals surface area contributed by atoms with E-state index < -0.39 is 5.97 Å². The van der Waals surface area contributed by atoms with Gasteiger partial charge in [-0.3, -0.25) is 0 Å². The molecular weight excluding hydrogens is 220 g/mol. The molecule has 0 aliphatic rings. The molecule has 1 N–H and O–H groups in total. The summed E-state index contributed by atoms with van der Waals surface area (Å²) in [6.07, 6.45) is 3.03. The van der Waals surface area contributed by atoms with Crippen molar-refractivity contribution in [1.29, 1.82) is 0 Å². The Kier molecular flexibility index (Phi) is 2.86. The lowest BCUT2D eigenvalue weighted by atomic mass is 10.1. The van der Waals surface area contributed by atoms with Crippen molar-refractivity contribution in [2.75, 3.05) is 0 Å². The first-order chi connectivity index (χ1) is 8.11. The number of carboxylic acid groups (broad SMARTS) is 1. The van der Waals surface area contributed by atoms with E-state index in [9.17, 15) is 4.79 Å². The molecule has 6 heteroatoms. The summed E-state index contributed by atoms with van der Waals surface area (Å²) in [5.74, 6) is -0.551. The SMILES string of the molecule is CC(C)n1cnnc1-c1cccnc1C(=O)O. The minimum atomic E-state index is -1.07. The van der Waals surface area contributed by atoms with Crippen LogP contribution < -0.4 is 0 Å². The number of rotatable bonds is 3. The summed E-state index contributed by atoms with van der Waals surface area (Å²) in [6, 6.07) is 3.52. The average Bonchev–Trinajstić information content (AvgIpc) is 2.77. The molecule has 2 rings (SSSR count). The molecule has 0 aromatic carbocycles. The minimum Gasteiger partial charge on any atom is -0.476 e. The van der Waals surface area contributed by atoms with Crippen LogP contribution in [0.4, 0.5) is 0 Å². The molecule has 0 atom stereocenters. The molecule has 0 spiro atoms. The topological polar surface area (TPSA) is 80.9 Å². The van der Waals surface area contributed by atoms with Crippen LogP contribution in [0.5, 0.6) is 0 Å². The Morgan fingerprint density at radius 1 is 1.47 bits per heavy atom. The highest BCUT2D eigenvalue weighted by Gasteiger charge is 2.18. The maximum atomic E-state index is 11.1. The van der Waals surface area contributed by atoms with Gasteiger partial charge in [-0.25, -0.2) is 9.78 Å². The van der Waals surface area contributed by atoms with Gasteiger partial charge in [0, 0.05) is 12.2 Å². The van der Waals surface area contributed by atoms with E-state index in [1.807, 2.05) is 18.4 Å². The highest BCUT2D eigenvalue weighted by Crippen LogP contribution is 2.22. The number of hydrogen-bond acceptors (Lipinski definition) is 4. The van der Waals surface area contributed by atoms with Crippen molar-refractivity contribution in [3.63, 3.8) is 0 Å². The summed E-state index contributed by atoms with van der Waals surface area (Å²) in [5.41, 5.74) is 0.466. The number of carbonyl (C=O) groups is 1. The van der Waals surface area contributed by atoms with Crippen LogP contribution in [0.15, 0.2) is 24.7 Å². The molecule has 17 heavy (non-hydrogen) atoms. The molecule has 0 saturated carbocycles. The Bertz CT molecular complexity index is 548. The Morgan fingerprint density at radius 2 is 2.24 bits per heavy atom. The monoisotopic (exact) mass is 232 g/mol. The first kappa shape index (κ1) is 11.3. The molecule has 2 aromatic rings. The van der Waals surface area contributed by atoms with Gasteiger partial charge in [-0.05, 0) is 26.0 Å². The molecule has 2 aromatic heterocycles. The van der Waals surface area contributed by atoms with Gasteiger partial charge in [0.25, 0.3) is 0 Å². The Balaban J connectivity index is 2.60. The Labute approximate surface area is 98.0 Å². The number of hydrogen-bond donors (Lipinski definition) is 1. The molecule has 0 radical (unpaired) electrons. The van der Waals surface area contributed by atoms with E-state index in [0.717, 1.165) is 0 Å². The van der Waals surface area contributed by atoms with E-state index in [0.29, 0.717) is 11.4 Å². The number of aromatic nitrogens is 4. The second kappa shape index (κ2) is 4.32. The van der Waals surface area contributed by atoms with Crippen LogP contribution in [0.1, 0.15) is 30.4 Å². The van der Waals surface area contributed by atoms with Crippen molar-refractivity contribution in [2.24, 2.45) is 0 Å². The molecule has 0 amide bonds. The first-order valence-electron chi connectivity index (χ1n) is 5.19. The van der Waals surface area contributed by atoms with Crippen molar-refractivity contribution in [3.8, 4) is 11.4 Å². The van der Waals surface area contributed by atoms with Crippen molar-refractivity contribution in [3.05, 3.63) is 30.4 Å². The maximum absolute atomic E-state index is 11.1. The smallest absolute Gasteiger partial charge is 0.355 e. The van der Waals surface area contributed by atoms with Gasteiger partial charge < -0.3 is 9.67 Å². The Morgan fingerprint density at radius 3 is 2.88 bits per heavy atom. The number of pyridine rings is 1. The minimum absolute atomic E-state index is 0.0117. The number of aromatic carboxylic acids is 1. The summed E-state index contributed by atoms with van der Waals surface area (Å²) in [7, 11) is 0. The third-order valence-corrected chi connectivity index (χ3v) is 2.38. The second-order valence-corrected chi connectivity index (χ2v) is 3.86. The lowest BCUT2D eigenvalue weighted by Crippen LogP contribution is -2.07. The van der Waals surface area contributed by atoms with E-state index >= 15 is 0 Å². The molecule has 0 fully saturated rings. The lowest BCUT2D eigenvalue weighted by Gasteiger charge is -2.10. The van der Waals surface area contributed by atoms with E-state index in [4.69, 9.17) is 5.11 Å². The zero-order valence-corrected chi connectivity index (χ0v) is 9.53. The number of carboxylic acids is 1. The molecular formula is C11H12N4O2. The largest absolute Gasteiger partial charge is 0.476 e. The van der Waals surface area contributed by atoms with Gasteiger partial charge >= 0.3 is 5.97 Å². The van der Waals surface area contributed by atoms with Crippen LogP contribution in [0.25, 0.3) is 11.4 Å². The third-order valence-electron chi connectivity index (χ3n) is 2.38. The highest BCUT2D eigenvalue weighted by atomic mass is 16.4. The fourth-order valence-electron chi connectivity index (χ4n) is 1.57. The van der Waals surface area contributed by atoms with Crippen molar-refractivity contribution in [1.82, 2.24) is 19.7 Å². The van der Waals surface area contributed by atoms with E-state index in [2.05, 4.69) is 15.2 Å². The van der Waals surface area contributed by atoms with Crippen LogP contribution >= 0.6 is 0 Å². The predicted molar refractivity (Wildman–Crippen MR) is 60.6 cm³/mol. The van der Waals surface area contributed by atoms with Crippen LogP contribution in [0.2, 0.25) is 0 Å². The molecule has 0 saturated heterocycles. The van der Waals surface area contributed by atoms with Crippen molar-refractivity contribution < 1.29 is 9.90 Å². The average molecular weight is 232 g/mol. The first-order valence-corrected chi connectivity index (χ1v) is 5.19. The maximum Gasteiger partial charge on any atom is 0.355 e. The van der Waals surface area contributed by atoms with Crippen LogP contribution in [-0.2, 0) is 0 Å².